The third-order valence-electron chi connectivity index (χ3n) is 2.67. The molecule has 0 aromatic heterocycles. The average Bonchev–Trinajstić information content (AvgIpc) is 2.28. The van der Waals surface area contributed by atoms with Gasteiger partial charge in [-0.1, -0.05) is 6.08 Å². The molecule has 92 valence electrons. The number of allylic oxidation sites excluding steroid dienone is 1. The van der Waals surface area contributed by atoms with Crippen molar-refractivity contribution in [1.82, 2.24) is 0 Å². The maximum absolute atomic E-state index is 11.2. The highest BCUT2D eigenvalue weighted by molar-refractivity contribution is 9.10. The van der Waals surface area contributed by atoms with Crippen LogP contribution in [-0.2, 0) is 0 Å². The second-order valence-corrected chi connectivity index (χ2v) is 4.93. The number of ketones is 1. The Hall–Kier alpha value is -1.09. The summed E-state index contributed by atoms with van der Waals surface area (Å²) < 4.78 is 0.964. The maximum Gasteiger partial charge on any atom is 0.159 e. The van der Waals surface area contributed by atoms with Crippen LogP contribution in [0.1, 0.15) is 30.1 Å². The van der Waals surface area contributed by atoms with Gasteiger partial charge in [0.15, 0.2) is 5.78 Å². The normalized spacial score (nSPS) is 10.1. The van der Waals surface area contributed by atoms with Crippen LogP contribution in [0, 0.1) is 0 Å². The quantitative estimate of drug-likeness (QED) is 0.448. The molecule has 17 heavy (non-hydrogen) atoms. The number of benzene rings is 1. The summed E-state index contributed by atoms with van der Waals surface area (Å²) >= 11 is 3.51. The fourth-order valence-corrected chi connectivity index (χ4v) is 2.31. The van der Waals surface area contributed by atoms with E-state index in [0.29, 0.717) is 0 Å². The summed E-state index contributed by atoms with van der Waals surface area (Å²) in [7, 11) is 2.05. The molecule has 0 N–H and O–H groups in total. The SMILES string of the molecule is C=CCCCN(C)c1ccc(C(C)=O)cc1Br. The molecule has 1 aromatic rings. The lowest BCUT2D eigenvalue weighted by Crippen LogP contribution is -2.18. The minimum absolute atomic E-state index is 0.0894. The van der Waals surface area contributed by atoms with E-state index in [1.165, 1.54) is 0 Å². The zero-order valence-corrected chi connectivity index (χ0v) is 12.0. The van der Waals surface area contributed by atoms with Crippen molar-refractivity contribution >= 4 is 27.4 Å². The molecule has 0 aliphatic rings. The van der Waals surface area contributed by atoms with E-state index in [1.54, 1.807) is 6.92 Å². The number of Topliss-reactive ketones (excluding diaryl/α,β-unsaturated/α-hetero) is 1. The summed E-state index contributed by atoms with van der Waals surface area (Å²) in [6.07, 6.45) is 4.04. The van der Waals surface area contributed by atoms with E-state index in [2.05, 4.69) is 34.5 Å². The lowest BCUT2D eigenvalue weighted by Gasteiger charge is -2.20. The van der Waals surface area contributed by atoms with Crippen molar-refractivity contribution in [3.05, 3.63) is 40.9 Å². The predicted molar refractivity (Wildman–Crippen MR) is 76.8 cm³/mol. The first-order valence-electron chi connectivity index (χ1n) is 5.68. The molecule has 0 saturated heterocycles. The number of carbonyl (C=O) groups excluding carboxylic acids is 1. The molecule has 0 aliphatic heterocycles. The van der Waals surface area contributed by atoms with Crippen molar-refractivity contribution in [3.63, 3.8) is 0 Å². The number of rotatable bonds is 6. The van der Waals surface area contributed by atoms with Crippen molar-refractivity contribution < 1.29 is 4.79 Å². The summed E-state index contributed by atoms with van der Waals surface area (Å²) in [4.78, 5) is 13.4. The molecule has 3 heteroatoms. The van der Waals surface area contributed by atoms with Crippen LogP contribution in [0.2, 0.25) is 0 Å². The van der Waals surface area contributed by atoms with Crippen LogP contribution in [0.5, 0.6) is 0 Å². The van der Waals surface area contributed by atoms with E-state index < -0.39 is 0 Å². The first-order chi connectivity index (χ1) is 8.06. The van der Waals surface area contributed by atoms with Gasteiger partial charge < -0.3 is 4.90 Å². The van der Waals surface area contributed by atoms with Crippen LogP contribution >= 0.6 is 15.9 Å². The van der Waals surface area contributed by atoms with Gasteiger partial charge in [-0.05, 0) is 53.9 Å². The number of anilines is 1. The van der Waals surface area contributed by atoms with Gasteiger partial charge in [-0.15, -0.1) is 6.58 Å². The van der Waals surface area contributed by atoms with Crippen LogP contribution in [0.15, 0.2) is 35.3 Å². The monoisotopic (exact) mass is 295 g/mol. The molecule has 0 bridgehead atoms. The van der Waals surface area contributed by atoms with Crippen molar-refractivity contribution in [1.29, 1.82) is 0 Å². The second kappa shape index (κ2) is 6.60. The highest BCUT2D eigenvalue weighted by atomic mass is 79.9. The minimum Gasteiger partial charge on any atom is -0.374 e. The van der Waals surface area contributed by atoms with Crippen LogP contribution in [-0.4, -0.2) is 19.4 Å². The number of carbonyl (C=O) groups is 1. The van der Waals surface area contributed by atoms with Gasteiger partial charge in [0, 0.05) is 23.6 Å². The molecule has 0 spiro atoms. The Morgan fingerprint density at radius 2 is 2.24 bits per heavy atom. The molecule has 1 aromatic carbocycles. The third-order valence-corrected chi connectivity index (χ3v) is 3.30. The second-order valence-electron chi connectivity index (χ2n) is 4.07. The minimum atomic E-state index is 0.0894. The topological polar surface area (TPSA) is 20.3 Å². The van der Waals surface area contributed by atoms with E-state index in [-0.39, 0.29) is 5.78 Å². The smallest absolute Gasteiger partial charge is 0.159 e. The molecule has 2 nitrogen and oxygen atoms in total. The van der Waals surface area contributed by atoms with Crippen LogP contribution < -0.4 is 4.90 Å². The Kier molecular flexibility index (Phi) is 5.42. The van der Waals surface area contributed by atoms with E-state index in [0.717, 1.165) is 35.1 Å². The van der Waals surface area contributed by atoms with Gasteiger partial charge in [0.05, 0.1) is 5.69 Å². The number of halogens is 1. The molecule has 0 radical (unpaired) electrons. The van der Waals surface area contributed by atoms with Crippen molar-refractivity contribution in [2.45, 2.75) is 19.8 Å². The highest BCUT2D eigenvalue weighted by Gasteiger charge is 2.07. The molecule has 0 heterocycles. The fourth-order valence-electron chi connectivity index (χ4n) is 1.63. The highest BCUT2D eigenvalue weighted by Crippen LogP contribution is 2.27. The molecule has 0 atom stereocenters. The number of hydrogen-bond acceptors (Lipinski definition) is 2. The summed E-state index contributed by atoms with van der Waals surface area (Å²) in [5.74, 6) is 0.0894. The summed E-state index contributed by atoms with van der Waals surface area (Å²) in [5, 5.41) is 0. The zero-order chi connectivity index (χ0) is 12.8. The maximum atomic E-state index is 11.2. The molecular weight excluding hydrogens is 278 g/mol. The molecule has 0 saturated carbocycles. The van der Waals surface area contributed by atoms with E-state index >= 15 is 0 Å². The van der Waals surface area contributed by atoms with Gasteiger partial charge in [-0.25, -0.2) is 0 Å². The van der Waals surface area contributed by atoms with Crippen LogP contribution in [0.3, 0.4) is 0 Å². The van der Waals surface area contributed by atoms with Gasteiger partial charge in [-0.3, -0.25) is 4.79 Å². The molecule has 0 fully saturated rings. The number of unbranched alkanes of at least 4 members (excludes halogenated alkanes) is 1. The molecule has 0 unspecified atom stereocenters. The third kappa shape index (κ3) is 4.00. The van der Waals surface area contributed by atoms with Crippen molar-refractivity contribution in [2.75, 3.05) is 18.5 Å². The molecule has 1 rings (SSSR count). The Balaban J connectivity index is 2.77. The Labute approximate surface area is 111 Å². The number of hydrogen-bond donors (Lipinski definition) is 0. The van der Waals surface area contributed by atoms with Crippen LogP contribution in [0.4, 0.5) is 5.69 Å². The van der Waals surface area contributed by atoms with Gasteiger partial charge >= 0.3 is 0 Å². The van der Waals surface area contributed by atoms with Gasteiger partial charge in [0.25, 0.3) is 0 Å². The standard InChI is InChI=1S/C14H18BrNO/c1-4-5-6-9-16(3)14-8-7-12(11(2)17)10-13(14)15/h4,7-8,10H,1,5-6,9H2,2-3H3. The Morgan fingerprint density at radius 1 is 1.53 bits per heavy atom. The van der Waals surface area contributed by atoms with Gasteiger partial charge in [-0.2, -0.15) is 0 Å². The Bertz CT molecular complexity index is 415. The van der Waals surface area contributed by atoms with E-state index in [1.807, 2.05) is 24.3 Å². The predicted octanol–water partition coefficient (Wildman–Crippen LogP) is 4.05. The largest absolute Gasteiger partial charge is 0.374 e. The van der Waals surface area contributed by atoms with Crippen LogP contribution in [0.25, 0.3) is 0 Å². The van der Waals surface area contributed by atoms with Crippen molar-refractivity contribution in [3.8, 4) is 0 Å². The first kappa shape index (κ1) is 14.0. The average molecular weight is 296 g/mol. The molecular formula is C14H18BrNO. The number of nitrogens with zero attached hydrogens (tertiary/aromatic N) is 1. The lowest BCUT2D eigenvalue weighted by molar-refractivity contribution is 0.101. The summed E-state index contributed by atoms with van der Waals surface area (Å²) in [6.45, 7) is 6.27. The fraction of sp³-hybridized carbons (Fsp3) is 0.357. The van der Waals surface area contributed by atoms with E-state index in [9.17, 15) is 4.79 Å². The molecule has 0 amide bonds. The summed E-state index contributed by atoms with van der Waals surface area (Å²) in [5.41, 5.74) is 1.85. The lowest BCUT2D eigenvalue weighted by atomic mass is 10.1. The molecule has 0 aliphatic carbocycles. The first-order valence-corrected chi connectivity index (χ1v) is 6.48. The van der Waals surface area contributed by atoms with E-state index in [4.69, 9.17) is 0 Å². The zero-order valence-electron chi connectivity index (χ0n) is 10.4. The Morgan fingerprint density at radius 3 is 2.76 bits per heavy atom. The summed E-state index contributed by atoms with van der Waals surface area (Å²) in [6, 6.07) is 5.73. The van der Waals surface area contributed by atoms with Crippen molar-refractivity contribution in [2.24, 2.45) is 0 Å². The van der Waals surface area contributed by atoms with Gasteiger partial charge in [0.1, 0.15) is 0 Å². The van der Waals surface area contributed by atoms with Gasteiger partial charge in [0.2, 0.25) is 0 Å².